The summed E-state index contributed by atoms with van der Waals surface area (Å²) in [6.45, 7) is 4.14. The van der Waals surface area contributed by atoms with Crippen molar-refractivity contribution in [2.45, 2.75) is 26.7 Å². The summed E-state index contributed by atoms with van der Waals surface area (Å²) >= 11 is 0. The lowest BCUT2D eigenvalue weighted by atomic mass is 9.63. The van der Waals surface area contributed by atoms with Crippen molar-refractivity contribution < 1.29 is 4.79 Å². The highest BCUT2D eigenvalue weighted by molar-refractivity contribution is 5.79. The third-order valence-corrected chi connectivity index (χ3v) is 3.05. The van der Waals surface area contributed by atoms with Crippen LogP contribution in [0.25, 0.3) is 0 Å². The van der Waals surface area contributed by atoms with Gasteiger partial charge < -0.3 is 0 Å². The smallest absolute Gasteiger partial charge is 0.133 e. The van der Waals surface area contributed by atoms with Crippen LogP contribution < -0.4 is 0 Å². The van der Waals surface area contributed by atoms with Gasteiger partial charge in [-0.3, -0.25) is 4.79 Å². The number of ketones is 1. The molecular weight excluding hydrogens is 154 g/mol. The van der Waals surface area contributed by atoms with Crippen LogP contribution in [0.3, 0.4) is 0 Å². The van der Waals surface area contributed by atoms with Gasteiger partial charge in [-0.25, -0.2) is 0 Å². The molecule has 0 bridgehead atoms. The van der Waals surface area contributed by atoms with Crippen molar-refractivity contribution >= 4 is 5.78 Å². The van der Waals surface area contributed by atoms with Crippen LogP contribution >= 0.6 is 0 Å². The number of carbonyl (C=O) groups excluding carboxylic acids is 1. The van der Waals surface area contributed by atoms with Gasteiger partial charge in [-0.2, -0.15) is 4.91 Å². The van der Waals surface area contributed by atoms with Gasteiger partial charge in [0.05, 0.1) is 6.54 Å². The Hall–Kier alpha value is -0.730. The fourth-order valence-electron chi connectivity index (χ4n) is 2.02. The maximum absolute atomic E-state index is 11.0. The summed E-state index contributed by atoms with van der Waals surface area (Å²) in [4.78, 5) is 20.8. The van der Waals surface area contributed by atoms with Gasteiger partial charge in [0.25, 0.3) is 0 Å². The predicted octanol–water partition coefficient (Wildman–Crippen LogP) is 2.00. The third-order valence-electron chi connectivity index (χ3n) is 3.05. The standard InChI is InChI=1S/C9H15NO2/c1-6-8(3-4-10-12)5-9(6)7(2)11/h6,8-9H,3-5H2,1-2H3. The molecule has 3 atom stereocenters. The quantitative estimate of drug-likeness (QED) is 0.604. The van der Waals surface area contributed by atoms with Gasteiger partial charge in [0, 0.05) is 5.92 Å². The molecule has 3 nitrogen and oxygen atoms in total. The summed E-state index contributed by atoms with van der Waals surface area (Å²) in [5, 5.41) is 2.83. The number of Topliss-reactive ketones (excluding diaryl/α,β-unsaturated/α-hetero) is 1. The van der Waals surface area contributed by atoms with E-state index in [-0.39, 0.29) is 11.7 Å². The number of rotatable bonds is 4. The average Bonchev–Trinajstić information content (AvgIpc) is 2.01. The van der Waals surface area contributed by atoms with Gasteiger partial charge in [-0.15, -0.1) is 0 Å². The molecule has 0 aromatic carbocycles. The van der Waals surface area contributed by atoms with E-state index in [0.717, 1.165) is 12.8 Å². The summed E-state index contributed by atoms with van der Waals surface area (Å²) in [6.07, 6.45) is 1.82. The maximum atomic E-state index is 11.0. The van der Waals surface area contributed by atoms with Crippen LogP contribution in [-0.2, 0) is 4.79 Å². The Morgan fingerprint density at radius 3 is 2.67 bits per heavy atom. The molecule has 0 aromatic heterocycles. The van der Waals surface area contributed by atoms with E-state index < -0.39 is 0 Å². The van der Waals surface area contributed by atoms with Crippen molar-refractivity contribution in [3.63, 3.8) is 0 Å². The van der Waals surface area contributed by atoms with Gasteiger partial charge in [0.15, 0.2) is 0 Å². The molecule has 0 N–H and O–H groups in total. The van der Waals surface area contributed by atoms with Crippen LogP contribution in [-0.4, -0.2) is 12.3 Å². The largest absolute Gasteiger partial charge is 0.300 e. The molecule has 3 heteroatoms. The van der Waals surface area contributed by atoms with Crippen molar-refractivity contribution in [1.82, 2.24) is 0 Å². The zero-order valence-electron chi connectivity index (χ0n) is 7.62. The van der Waals surface area contributed by atoms with Gasteiger partial charge in [-0.1, -0.05) is 12.1 Å². The molecule has 0 aromatic rings. The maximum Gasteiger partial charge on any atom is 0.133 e. The molecule has 3 unspecified atom stereocenters. The second-order valence-electron chi connectivity index (χ2n) is 3.71. The molecule has 12 heavy (non-hydrogen) atoms. The lowest BCUT2D eigenvalue weighted by molar-refractivity contribution is -0.128. The van der Waals surface area contributed by atoms with E-state index in [2.05, 4.69) is 12.1 Å². The minimum absolute atomic E-state index is 0.252. The fourth-order valence-corrected chi connectivity index (χ4v) is 2.02. The van der Waals surface area contributed by atoms with Gasteiger partial charge >= 0.3 is 0 Å². The Morgan fingerprint density at radius 2 is 2.25 bits per heavy atom. The topological polar surface area (TPSA) is 46.5 Å². The highest BCUT2D eigenvalue weighted by atomic mass is 16.3. The van der Waals surface area contributed by atoms with Crippen LogP contribution in [0.4, 0.5) is 0 Å². The first-order chi connectivity index (χ1) is 5.66. The summed E-state index contributed by atoms with van der Waals surface area (Å²) in [7, 11) is 0. The summed E-state index contributed by atoms with van der Waals surface area (Å²) in [5.41, 5.74) is 0. The summed E-state index contributed by atoms with van der Waals surface area (Å²) in [5.74, 6) is 1.56. The minimum Gasteiger partial charge on any atom is -0.300 e. The van der Waals surface area contributed by atoms with Crippen LogP contribution in [0, 0.1) is 22.7 Å². The molecule has 0 amide bonds. The Bertz CT molecular complexity index is 191. The number of carbonyl (C=O) groups is 1. The SMILES string of the molecule is CC(=O)C1CC(CCN=O)C1C. The molecule has 0 spiro atoms. The van der Waals surface area contributed by atoms with Crippen molar-refractivity contribution in [2.75, 3.05) is 6.54 Å². The first-order valence-corrected chi connectivity index (χ1v) is 4.46. The summed E-state index contributed by atoms with van der Waals surface area (Å²) in [6, 6.07) is 0. The van der Waals surface area contributed by atoms with Crippen molar-refractivity contribution in [3.8, 4) is 0 Å². The van der Waals surface area contributed by atoms with Crippen LogP contribution in [0.1, 0.15) is 26.7 Å². The molecule has 1 aliphatic carbocycles. The number of hydrogen-bond acceptors (Lipinski definition) is 3. The average molecular weight is 169 g/mol. The van der Waals surface area contributed by atoms with E-state index in [9.17, 15) is 9.70 Å². The molecule has 1 saturated carbocycles. The predicted molar refractivity (Wildman–Crippen MR) is 46.7 cm³/mol. The van der Waals surface area contributed by atoms with Crippen molar-refractivity contribution in [1.29, 1.82) is 0 Å². The molecular formula is C9H15NO2. The lowest BCUT2D eigenvalue weighted by Crippen LogP contribution is -2.39. The Balaban J connectivity index is 2.28. The normalized spacial score (nSPS) is 34.0. The molecule has 1 fully saturated rings. The highest BCUT2D eigenvalue weighted by Crippen LogP contribution is 2.42. The highest BCUT2D eigenvalue weighted by Gasteiger charge is 2.39. The number of hydrogen-bond donors (Lipinski definition) is 0. The second-order valence-corrected chi connectivity index (χ2v) is 3.71. The first kappa shape index (κ1) is 9.36. The zero-order chi connectivity index (χ0) is 9.14. The van der Waals surface area contributed by atoms with Crippen LogP contribution in [0.5, 0.6) is 0 Å². The van der Waals surface area contributed by atoms with Gasteiger partial charge in [0.1, 0.15) is 5.78 Å². The molecule has 0 saturated heterocycles. The van der Waals surface area contributed by atoms with E-state index in [4.69, 9.17) is 0 Å². The Morgan fingerprint density at radius 1 is 1.58 bits per heavy atom. The second kappa shape index (κ2) is 3.78. The third kappa shape index (κ3) is 1.71. The molecule has 68 valence electrons. The molecule has 0 radical (unpaired) electrons. The fraction of sp³-hybridized carbons (Fsp3) is 0.889. The molecule has 1 rings (SSSR count). The zero-order valence-corrected chi connectivity index (χ0v) is 7.62. The Kier molecular flexibility index (Phi) is 2.95. The summed E-state index contributed by atoms with van der Waals surface area (Å²) < 4.78 is 0. The van der Waals surface area contributed by atoms with Gasteiger partial charge in [-0.05, 0) is 31.6 Å². The van der Waals surface area contributed by atoms with E-state index in [1.54, 1.807) is 6.92 Å². The monoisotopic (exact) mass is 169 g/mol. The molecule has 1 aliphatic rings. The van der Waals surface area contributed by atoms with E-state index in [1.165, 1.54) is 0 Å². The van der Waals surface area contributed by atoms with E-state index in [1.807, 2.05) is 0 Å². The molecule has 0 heterocycles. The van der Waals surface area contributed by atoms with Crippen LogP contribution in [0.15, 0.2) is 5.18 Å². The van der Waals surface area contributed by atoms with Crippen LogP contribution in [0.2, 0.25) is 0 Å². The number of nitrogens with zero attached hydrogens (tertiary/aromatic N) is 1. The first-order valence-electron chi connectivity index (χ1n) is 4.46. The number of nitroso groups, excluding NO2 is 1. The minimum atomic E-state index is 0.252. The van der Waals surface area contributed by atoms with E-state index >= 15 is 0 Å². The molecule has 0 aliphatic heterocycles. The lowest BCUT2D eigenvalue weighted by Gasteiger charge is -2.41. The van der Waals surface area contributed by atoms with Crippen molar-refractivity contribution in [3.05, 3.63) is 4.91 Å². The van der Waals surface area contributed by atoms with E-state index in [0.29, 0.717) is 18.4 Å². The van der Waals surface area contributed by atoms with Gasteiger partial charge in [0.2, 0.25) is 0 Å². The Labute approximate surface area is 72.5 Å². The van der Waals surface area contributed by atoms with Crippen molar-refractivity contribution in [2.24, 2.45) is 22.9 Å².